The SMILES string of the molecule is CCc1nn(C)c(CC(=O)CCc2ccc(C)cc2)c1Br. The van der Waals surface area contributed by atoms with Crippen LogP contribution in [0.2, 0.25) is 0 Å². The maximum Gasteiger partial charge on any atom is 0.139 e. The van der Waals surface area contributed by atoms with Gasteiger partial charge in [0.1, 0.15) is 5.78 Å². The van der Waals surface area contributed by atoms with E-state index >= 15 is 0 Å². The van der Waals surface area contributed by atoms with Crippen LogP contribution < -0.4 is 0 Å². The van der Waals surface area contributed by atoms with Gasteiger partial charge in [0.25, 0.3) is 0 Å². The van der Waals surface area contributed by atoms with Gasteiger partial charge in [-0.25, -0.2) is 0 Å². The van der Waals surface area contributed by atoms with E-state index in [1.807, 2.05) is 11.7 Å². The normalized spacial score (nSPS) is 10.9. The molecule has 0 bridgehead atoms. The van der Waals surface area contributed by atoms with Crippen LogP contribution in [0.4, 0.5) is 0 Å². The van der Waals surface area contributed by atoms with E-state index in [2.05, 4.69) is 59.1 Å². The maximum absolute atomic E-state index is 12.2. The van der Waals surface area contributed by atoms with Crippen molar-refractivity contribution in [3.63, 3.8) is 0 Å². The fourth-order valence-electron chi connectivity index (χ4n) is 2.33. The van der Waals surface area contributed by atoms with Gasteiger partial charge in [0.2, 0.25) is 0 Å². The van der Waals surface area contributed by atoms with Gasteiger partial charge >= 0.3 is 0 Å². The molecule has 0 N–H and O–H groups in total. The zero-order chi connectivity index (χ0) is 15.4. The average molecular weight is 349 g/mol. The molecule has 2 aromatic rings. The largest absolute Gasteiger partial charge is 0.299 e. The second kappa shape index (κ2) is 7.03. The molecule has 4 heteroatoms. The molecule has 0 unspecified atom stereocenters. The van der Waals surface area contributed by atoms with Crippen LogP contribution in [0.5, 0.6) is 0 Å². The highest BCUT2D eigenvalue weighted by atomic mass is 79.9. The number of hydrogen-bond acceptors (Lipinski definition) is 2. The van der Waals surface area contributed by atoms with Gasteiger partial charge in [0.15, 0.2) is 0 Å². The highest BCUT2D eigenvalue weighted by Gasteiger charge is 2.15. The first kappa shape index (κ1) is 16.0. The number of carbonyl (C=O) groups excluding carboxylic acids is 1. The summed E-state index contributed by atoms with van der Waals surface area (Å²) in [5, 5.41) is 4.43. The van der Waals surface area contributed by atoms with Crippen LogP contribution in [0.15, 0.2) is 28.7 Å². The molecule has 3 nitrogen and oxygen atoms in total. The standard InChI is InChI=1S/C17H21BrN2O/c1-4-15-17(18)16(20(3)19-15)11-14(21)10-9-13-7-5-12(2)6-8-13/h5-8H,4,9-11H2,1-3H3. The minimum atomic E-state index is 0.252. The minimum Gasteiger partial charge on any atom is -0.299 e. The van der Waals surface area contributed by atoms with Gasteiger partial charge in [-0.3, -0.25) is 9.48 Å². The van der Waals surface area contributed by atoms with E-state index in [1.165, 1.54) is 11.1 Å². The summed E-state index contributed by atoms with van der Waals surface area (Å²) in [5.41, 5.74) is 4.45. The van der Waals surface area contributed by atoms with Crippen molar-refractivity contribution in [2.75, 3.05) is 0 Å². The van der Waals surface area contributed by atoms with E-state index in [4.69, 9.17) is 0 Å². The number of benzene rings is 1. The zero-order valence-electron chi connectivity index (χ0n) is 12.8. The number of rotatable bonds is 6. The average Bonchev–Trinajstić information content (AvgIpc) is 2.74. The van der Waals surface area contributed by atoms with Gasteiger partial charge in [-0.2, -0.15) is 5.10 Å². The van der Waals surface area contributed by atoms with Crippen molar-refractivity contribution in [3.05, 3.63) is 51.3 Å². The Balaban J connectivity index is 1.96. The molecule has 0 aliphatic carbocycles. The molecule has 0 spiro atoms. The lowest BCUT2D eigenvalue weighted by Gasteiger charge is -2.04. The lowest BCUT2D eigenvalue weighted by Crippen LogP contribution is -2.09. The van der Waals surface area contributed by atoms with Gasteiger partial charge < -0.3 is 0 Å². The lowest BCUT2D eigenvalue weighted by molar-refractivity contribution is -0.118. The summed E-state index contributed by atoms with van der Waals surface area (Å²) in [6.45, 7) is 4.14. The first-order valence-corrected chi connectivity index (χ1v) is 8.08. The molecule has 0 fully saturated rings. The Labute approximate surface area is 134 Å². The van der Waals surface area contributed by atoms with Gasteiger partial charge in [-0.05, 0) is 41.3 Å². The van der Waals surface area contributed by atoms with Crippen LogP contribution in [0.1, 0.15) is 35.9 Å². The molecule has 0 saturated carbocycles. The summed E-state index contributed by atoms with van der Waals surface area (Å²) >= 11 is 3.56. The molecular weight excluding hydrogens is 328 g/mol. The molecule has 1 aromatic heterocycles. The van der Waals surface area contributed by atoms with Gasteiger partial charge in [0, 0.05) is 19.9 Å². The van der Waals surface area contributed by atoms with Crippen molar-refractivity contribution in [2.45, 2.75) is 39.5 Å². The van der Waals surface area contributed by atoms with Crippen molar-refractivity contribution in [2.24, 2.45) is 7.05 Å². The number of halogens is 1. The number of ketones is 1. The molecule has 0 saturated heterocycles. The fraction of sp³-hybridized carbons (Fsp3) is 0.412. The smallest absolute Gasteiger partial charge is 0.139 e. The summed E-state index contributed by atoms with van der Waals surface area (Å²) in [6, 6.07) is 8.37. The Kier molecular flexibility index (Phi) is 5.34. The van der Waals surface area contributed by atoms with Crippen LogP contribution >= 0.6 is 15.9 Å². The second-order valence-electron chi connectivity index (χ2n) is 5.39. The molecule has 0 radical (unpaired) electrons. The van der Waals surface area contributed by atoms with E-state index in [0.717, 1.165) is 28.7 Å². The highest BCUT2D eigenvalue weighted by Crippen LogP contribution is 2.22. The van der Waals surface area contributed by atoms with Crippen molar-refractivity contribution in [1.29, 1.82) is 0 Å². The van der Waals surface area contributed by atoms with E-state index < -0.39 is 0 Å². The Morgan fingerprint density at radius 2 is 1.95 bits per heavy atom. The monoisotopic (exact) mass is 348 g/mol. The third kappa shape index (κ3) is 4.03. The number of hydrogen-bond donors (Lipinski definition) is 0. The Morgan fingerprint density at radius 1 is 1.29 bits per heavy atom. The first-order valence-electron chi connectivity index (χ1n) is 7.28. The van der Waals surface area contributed by atoms with Crippen LogP contribution in [0.3, 0.4) is 0 Å². The minimum absolute atomic E-state index is 0.252. The number of aromatic nitrogens is 2. The molecule has 2 rings (SSSR count). The molecule has 21 heavy (non-hydrogen) atoms. The summed E-state index contributed by atoms with van der Waals surface area (Å²) < 4.78 is 2.79. The molecule has 0 aliphatic heterocycles. The summed E-state index contributed by atoms with van der Waals surface area (Å²) in [5.74, 6) is 0.252. The van der Waals surface area contributed by atoms with Crippen molar-refractivity contribution >= 4 is 21.7 Å². The quantitative estimate of drug-likeness (QED) is 0.795. The van der Waals surface area contributed by atoms with E-state index in [-0.39, 0.29) is 5.78 Å². The Morgan fingerprint density at radius 3 is 2.52 bits per heavy atom. The number of aryl methyl sites for hydroxylation is 4. The number of carbonyl (C=O) groups is 1. The van der Waals surface area contributed by atoms with Crippen molar-refractivity contribution < 1.29 is 4.79 Å². The van der Waals surface area contributed by atoms with Crippen molar-refractivity contribution in [1.82, 2.24) is 9.78 Å². The molecule has 1 aromatic carbocycles. The molecule has 112 valence electrons. The van der Waals surface area contributed by atoms with Crippen LogP contribution in [-0.4, -0.2) is 15.6 Å². The van der Waals surface area contributed by atoms with Crippen LogP contribution in [0.25, 0.3) is 0 Å². The number of nitrogens with zero attached hydrogens (tertiary/aromatic N) is 2. The van der Waals surface area contributed by atoms with Crippen LogP contribution in [0, 0.1) is 6.92 Å². The van der Waals surface area contributed by atoms with E-state index in [1.54, 1.807) is 0 Å². The molecular formula is C17H21BrN2O. The molecule has 0 amide bonds. The third-order valence-electron chi connectivity index (χ3n) is 3.68. The maximum atomic E-state index is 12.2. The first-order chi connectivity index (χ1) is 10.0. The predicted molar refractivity (Wildman–Crippen MR) is 88.5 cm³/mol. The summed E-state index contributed by atoms with van der Waals surface area (Å²) in [7, 11) is 1.90. The lowest BCUT2D eigenvalue weighted by atomic mass is 10.0. The highest BCUT2D eigenvalue weighted by molar-refractivity contribution is 9.10. The zero-order valence-corrected chi connectivity index (χ0v) is 14.4. The van der Waals surface area contributed by atoms with E-state index in [9.17, 15) is 4.79 Å². The predicted octanol–water partition coefficient (Wildman–Crippen LogP) is 3.80. The van der Waals surface area contributed by atoms with Crippen molar-refractivity contribution in [3.8, 4) is 0 Å². The summed E-state index contributed by atoms with van der Waals surface area (Å²) in [6.07, 6.45) is 2.68. The number of Topliss-reactive ketones (excluding diaryl/α,β-unsaturated/α-hetero) is 1. The molecule has 0 atom stereocenters. The van der Waals surface area contributed by atoms with E-state index in [0.29, 0.717) is 12.8 Å². The topological polar surface area (TPSA) is 34.9 Å². The fourth-order valence-corrected chi connectivity index (χ4v) is 3.08. The Bertz CT molecular complexity index is 629. The van der Waals surface area contributed by atoms with Crippen LogP contribution in [-0.2, 0) is 31.1 Å². The second-order valence-corrected chi connectivity index (χ2v) is 6.18. The van der Waals surface area contributed by atoms with Gasteiger partial charge in [-0.1, -0.05) is 36.8 Å². The summed E-state index contributed by atoms with van der Waals surface area (Å²) in [4.78, 5) is 12.2. The molecule has 1 heterocycles. The molecule has 0 aliphatic rings. The van der Waals surface area contributed by atoms with Gasteiger partial charge in [-0.15, -0.1) is 0 Å². The Hall–Kier alpha value is -1.42. The third-order valence-corrected chi connectivity index (χ3v) is 4.60. The van der Waals surface area contributed by atoms with Gasteiger partial charge in [0.05, 0.1) is 15.9 Å².